The highest BCUT2D eigenvalue weighted by atomic mass is 35.5. The molecule has 0 aliphatic carbocycles. The lowest BCUT2D eigenvalue weighted by Crippen LogP contribution is -2.30. The van der Waals surface area contributed by atoms with Crippen LogP contribution in [0.5, 0.6) is 0 Å². The van der Waals surface area contributed by atoms with Crippen molar-refractivity contribution in [1.82, 2.24) is 5.48 Å². The molecule has 0 aromatic heterocycles. The van der Waals surface area contributed by atoms with Gasteiger partial charge < -0.3 is 9.84 Å². The average Bonchev–Trinajstić information content (AvgIpc) is 2.70. The molecule has 2 aromatic rings. The molecule has 2 rings (SSSR count). The van der Waals surface area contributed by atoms with Gasteiger partial charge in [0.2, 0.25) is 5.91 Å². The van der Waals surface area contributed by atoms with Crippen LogP contribution in [0.15, 0.2) is 48.5 Å². The van der Waals surface area contributed by atoms with Gasteiger partial charge in [-0.15, -0.1) is 0 Å². The maximum Gasteiger partial charge on any atom is 0.243 e. The smallest absolute Gasteiger partial charge is 0.243 e. The Morgan fingerprint density at radius 2 is 1.68 bits per heavy atom. The molecule has 0 spiro atoms. The van der Waals surface area contributed by atoms with Crippen molar-refractivity contribution < 1.29 is 19.5 Å². The zero-order chi connectivity index (χ0) is 20.4. The van der Waals surface area contributed by atoms with Gasteiger partial charge in [-0.25, -0.2) is 5.48 Å². The summed E-state index contributed by atoms with van der Waals surface area (Å²) in [7, 11) is 1.58. The number of ether oxygens (including phenoxy) is 1. The second-order valence-corrected chi connectivity index (χ2v) is 7.24. The zero-order valence-electron chi connectivity index (χ0n) is 16.4. The standard InChI is InChI=1S/C22H28ClNO4/c1-16(15-27-2)28-24-22(26)6-4-3-5-21(25)19-9-7-17(8-10-19)18-11-13-20(23)14-12-18/h7-14,16,21,25H,3-6,15H2,1-2H3,(H,24,26). The van der Waals surface area contributed by atoms with Gasteiger partial charge in [0.15, 0.2) is 0 Å². The van der Waals surface area contributed by atoms with Crippen LogP contribution in [-0.2, 0) is 14.4 Å². The third kappa shape index (κ3) is 7.60. The minimum atomic E-state index is -0.541. The number of halogens is 1. The van der Waals surface area contributed by atoms with Gasteiger partial charge in [-0.2, -0.15) is 0 Å². The van der Waals surface area contributed by atoms with E-state index in [-0.39, 0.29) is 12.0 Å². The molecule has 0 radical (unpaired) electrons. The Balaban J connectivity index is 1.70. The summed E-state index contributed by atoms with van der Waals surface area (Å²) in [6.45, 7) is 2.24. The van der Waals surface area contributed by atoms with Gasteiger partial charge in [0.05, 0.1) is 12.7 Å². The predicted octanol–water partition coefficient (Wildman–Crippen LogP) is 4.68. The molecule has 6 heteroatoms. The summed E-state index contributed by atoms with van der Waals surface area (Å²) >= 11 is 5.92. The van der Waals surface area contributed by atoms with Crippen LogP contribution in [0.25, 0.3) is 11.1 Å². The molecule has 2 aromatic carbocycles. The maximum atomic E-state index is 11.7. The van der Waals surface area contributed by atoms with Crippen molar-refractivity contribution in [2.45, 2.75) is 44.8 Å². The summed E-state index contributed by atoms with van der Waals surface area (Å²) in [5.41, 5.74) is 5.45. The predicted molar refractivity (Wildman–Crippen MR) is 111 cm³/mol. The van der Waals surface area contributed by atoms with Gasteiger partial charge in [0.25, 0.3) is 0 Å². The van der Waals surface area contributed by atoms with Gasteiger partial charge in [0.1, 0.15) is 6.10 Å². The van der Waals surface area contributed by atoms with E-state index in [1.54, 1.807) is 7.11 Å². The molecule has 0 fully saturated rings. The van der Waals surface area contributed by atoms with E-state index >= 15 is 0 Å². The number of hydrogen-bond donors (Lipinski definition) is 2. The molecule has 2 atom stereocenters. The zero-order valence-corrected chi connectivity index (χ0v) is 17.1. The van der Waals surface area contributed by atoms with Gasteiger partial charge in [0, 0.05) is 18.6 Å². The number of benzene rings is 2. The van der Waals surface area contributed by atoms with Gasteiger partial charge in [-0.1, -0.05) is 54.4 Å². The lowest BCUT2D eigenvalue weighted by atomic mass is 9.99. The van der Waals surface area contributed by atoms with E-state index in [9.17, 15) is 9.90 Å². The Morgan fingerprint density at radius 3 is 2.29 bits per heavy atom. The van der Waals surface area contributed by atoms with E-state index in [0.29, 0.717) is 30.9 Å². The molecule has 2 N–H and O–H groups in total. The molecule has 152 valence electrons. The monoisotopic (exact) mass is 405 g/mol. The SMILES string of the molecule is COCC(C)ONC(=O)CCCCC(O)c1ccc(-c2ccc(Cl)cc2)cc1. The van der Waals surface area contributed by atoms with Crippen molar-refractivity contribution in [3.05, 3.63) is 59.1 Å². The van der Waals surface area contributed by atoms with Crippen LogP contribution in [-0.4, -0.2) is 30.8 Å². The number of aliphatic hydroxyl groups is 1. The molecule has 0 saturated carbocycles. The number of nitrogens with one attached hydrogen (secondary N) is 1. The Kier molecular flexibility index (Phi) is 9.44. The Labute approximate surface area is 171 Å². The summed E-state index contributed by atoms with van der Waals surface area (Å²) in [4.78, 5) is 16.9. The third-order valence-corrected chi connectivity index (χ3v) is 4.63. The van der Waals surface area contributed by atoms with Gasteiger partial charge >= 0.3 is 0 Å². The van der Waals surface area contributed by atoms with E-state index in [1.807, 2.05) is 55.5 Å². The van der Waals surface area contributed by atoms with Crippen molar-refractivity contribution in [2.75, 3.05) is 13.7 Å². The normalized spacial score (nSPS) is 13.1. The molecule has 0 heterocycles. The largest absolute Gasteiger partial charge is 0.388 e. The Bertz CT molecular complexity index is 718. The molecule has 28 heavy (non-hydrogen) atoms. The van der Waals surface area contributed by atoms with Gasteiger partial charge in [-0.3, -0.25) is 9.63 Å². The molecular formula is C22H28ClNO4. The van der Waals surface area contributed by atoms with E-state index in [2.05, 4.69) is 5.48 Å². The van der Waals surface area contributed by atoms with Gasteiger partial charge in [-0.05, 0) is 48.6 Å². The minimum Gasteiger partial charge on any atom is -0.388 e. The number of hydrogen-bond acceptors (Lipinski definition) is 4. The fraction of sp³-hybridized carbons (Fsp3) is 0.409. The Hall–Kier alpha value is -1.92. The van der Waals surface area contributed by atoms with Crippen LogP contribution in [0.4, 0.5) is 0 Å². The second kappa shape index (κ2) is 11.8. The number of amides is 1. The number of hydroxylamine groups is 1. The molecule has 0 aliphatic rings. The quantitative estimate of drug-likeness (QED) is 0.420. The van der Waals surface area contributed by atoms with Crippen molar-refractivity contribution in [2.24, 2.45) is 0 Å². The summed E-state index contributed by atoms with van der Waals surface area (Å²) in [5, 5.41) is 11.1. The first-order chi connectivity index (χ1) is 13.5. The fourth-order valence-corrected chi connectivity index (χ4v) is 2.94. The van der Waals surface area contributed by atoms with E-state index in [0.717, 1.165) is 23.1 Å². The van der Waals surface area contributed by atoms with E-state index in [1.165, 1.54) is 0 Å². The summed E-state index contributed by atoms with van der Waals surface area (Å²) in [5.74, 6) is -0.162. The van der Waals surface area contributed by atoms with Crippen LogP contribution in [0.3, 0.4) is 0 Å². The van der Waals surface area contributed by atoms with Crippen LogP contribution >= 0.6 is 11.6 Å². The van der Waals surface area contributed by atoms with Crippen molar-refractivity contribution in [3.63, 3.8) is 0 Å². The van der Waals surface area contributed by atoms with Crippen LogP contribution in [0.1, 0.15) is 44.3 Å². The van der Waals surface area contributed by atoms with Crippen LogP contribution in [0, 0.1) is 0 Å². The first kappa shape index (κ1) is 22.4. The first-order valence-electron chi connectivity index (χ1n) is 9.47. The molecule has 0 saturated heterocycles. The number of unbranched alkanes of at least 4 members (excludes halogenated alkanes) is 1. The second-order valence-electron chi connectivity index (χ2n) is 6.80. The van der Waals surface area contributed by atoms with Crippen LogP contribution in [0.2, 0.25) is 5.02 Å². The number of carbonyl (C=O) groups excluding carboxylic acids is 1. The third-order valence-electron chi connectivity index (χ3n) is 4.38. The highest BCUT2D eigenvalue weighted by molar-refractivity contribution is 6.30. The van der Waals surface area contributed by atoms with Crippen molar-refractivity contribution in [3.8, 4) is 11.1 Å². The molecule has 5 nitrogen and oxygen atoms in total. The minimum absolute atomic E-state index is 0.162. The number of methoxy groups -OCH3 is 1. The average molecular weight is 406 g/mol. The van der Waals surface area contributed by atoms with Crippen molar-refractivity contribution in [1.29, 1.82) is 0 Å². The number of rotatable bonds is 11. The van der Waals surface area contributed by atoms with Crippen LogP contribution < -0.4 is 5.48 Å². The molecular weight excluding hydrogens is 378 g/mol. The highest BCUT2D eigenvalue weighted by Crippen LogP contribution is 2.25. The summed E-state index contributed by atoms with van der Waals surface area (Å²) < 4.78 is 4.93. The Morgan fingerprint density at radius 1 is 1.07 bits per heavy atom. The lowest BCUT2D eigenvalue weighted by molar-refractivity contribution is -0.140. The van der Waals surface area contributed by atoms with Crippen molar-refractivity contribution >= 4 is 17.5 Å². The first-order valence-corrected chi connectivity index (χ1v) is 9.84. The van der Waals surface area contributed by atoms with E-state index in [4.69, 9.17) is 21.2 Å². The fourth-order valence-electron chi connectivity index (χ4n) is 2.82. The number of carbonyl (C=O) groups is 1. The molecule has 1 amide bonds. The van der Waals surface area contributed by atoms with E-state index < -0.39 is 6.10 Å². The lowest BCUT2D eigenvalue weighted by Gasteiger charge is -2.13. The molecule has 2 unspecified atom stereocenters. The highest BCUT2D eigenvalue weighted by Gasteiger charge is 2.10. The summed E-state index contributed by atoms with van der Waals surface area (Å²) in [6.07, 6.45) is 1.68. The number of aliphatic hydroxyl groups excluding tert-OH is 1. The molecule has 0 bridgehead atoms. The summed E-state index contributed by atoms with van der Waals surface area (Å²) in [6, 6.07) is 15.5. The topological polar surface area (TPSA) is 67.8 Å². The molecule has 0 aliphatic heterocycles. The maximum absolute atomic E-state index is 11.7.